The van der Waals surface area contributed by atoms with Gasteiger partial charge < -0.3 is 19.7 Å². The fourth-order valence-electron chi connectivity index (χ4n) is 4.08. The zero-order valence-electron chi connectivity index (χ0n) is 20.2. The molecule has 4 aromatic rings. The Bertz CT molecular complexity index is 1330. The molecule has 2 heterocycles. The number of rotatable bonds is 10. The predicted octanol–water partition coefficient (Wildman–Crippen LogP) is 4.56. The van der Waals surface area contributed by atoms with Gasteiger partial charge in [-0.1, -0.05) is 35.9 Å². The maximum absolute atomic E-state index is 13.0. The van der Waals surface area contributed by atoms with Crippen LogP contribution in [0.3, 0.4) is 0 Å². The van der Waals surface area contributed by atoms with Gasteiger partial charge in [0, 0.05) is 23.7 Å². The first-order chi connectivity index (χ1) is 16.8. The molecule has 7 nitrogen and oxygen atoms in total. The van der Waals surface area contributed by atoms with E-state index >= 15 is 0 Å². The van der Waals surface area contributed by atoms with Gasteiger partial charge in [-0.25, -0.2) is 4.98 Å². The third-order valence-corrected chi connectivity index (χ3v) is 6.04. The summed E-state index contributed by atoms with van der Waals surface area (Å²) in [6.45, 7) is 3.75. The number of methoxy groups -OCH3 is 1. The second kappa shape index (κ2) is 10.3. The summed E-state index contributed by atoms with van der Waals surface area (Å²) in [6.07, 6.45) is 2.25. The van der Waals surface area contributed by atoms with Gasteiger partial charge in [0.15, 0.2) is 17.3 Å². The number of ether oxygens (including phenoxy) is 2. The fourth-order valence-corrected chi connectivity index (χ4v) is 4.08. The van der Waals surface area contributed by atoms with E-state index < -0.39 is 5.60 Å². The van der Waals surface area contributed by atoms with E-state index in [1.807, 2.05) is 60.0 Å². The minimum absolute atomic E-state index is 0.118. The molecule has 7 heteroatoms. The maximum Gasteiger partial charge on any atom is 0.163 e. The van der Waals surface area contributed by atoms with Crippen LogP contribution in [0.5, 0.6) is 11.5 Å². The number of fused-ring (bicyclic) bond motifs is 1. The summed E-state index contributed by atoms with van der Waals surface area (Å²) >= 11 is 0. The predicted molar refractivity (Wildman–Crippen MR) is 134 cm³/mol. The lowest BCUT2D eigenvalue weighted by molar-refractivity contribution is 0.0415. The van der Waals surface area contributed by atoms with Gasteiger partial charge in [-0.2, -0.15) is 0 Å². The van der Waals surface area contributed by atoms with Crippen LogP contribution in [0.4, 0.5) is 0 Å². The number of pyridine rings is 1. The number of carbonyl (C=O) groups is 1. The molecular formula is C28H30N2O5. The summed E-state index contributed by atoms with van der Waals surface area (Å²) in [7, 11) is 1.50. The molecule has 0 aliphatic heterocycles. The van der Waals surface area contributed by atoms with Gasteiger partial charge in [0.05, 0.1) is 24.9 Å². The van der Waals surface area contributed by atoms with Crippen molar-refractivity contribution in [1.82, 2.24) is 9.38 Å². The molecule has 4 rings (SSSR count). The van der Waals surface area contributed by atoms with Gasteiger partial charge in [-0.05, 0) is 50.6 Å². The Balaban J connectivity index is 1.57. The van der Waals surface area contributed by atoms with Crippen LogP contribution in [0.1, 0.15) is 41.4 Å². The molecule has 1 atom stereocenters. The number of aliphatic hydroxyl groups is 2. The molecule has 2 N–H and O–H groups in total. The van der Waals surface area contributed by atoms with Gasteiger partial charge in [-0.3, -0.25) is 9.20 Å². The van der Waals surface area contributed by atoms with E-state index in [0.717, 1.165) is 22.5 Å². The average Bonchev–Trinajstić information content (AvgIpc) is 3.27. The van der Waals surface area contributed by atoms with Crippen molar-refractivity contribution in [3.05, 3.63) is 83.7 Å². The molecule has 35 heavy (non-hydrogen) atoms. The van der Waals surface area contributed by atoms with Crippen molar-refractivity contribution in [2.45, 2.75) is 32.3 Å². The molecule has 2 aromatic carbocycles. The number of ketones is 1. The number of nitrogens with zero attached hydrogens (tertiary/aromatic N) is 2. The summed E-state index contributed by atoms with van der Waals surface area (Å²) in [5.74, 6) is 1.49. The van der Waals surface area contributed by atoms with Crippen LogP contribution in [-0.2, 0) is 5.60 Å². The maximum atomic E-state index is 13.0. The van der Waals surface area contributed by atoms with Gasteiger partial charge in [0.2, 0.25) is 0 Å². The van der Waals surface area contributed by atoms with Gasteiger partial charge >= 0.3 is 0 Å². The number of carbonyl (C=O) groups excluding carboxylic acids is 1. The van der Waals surface area contributed by atoms with Gasteiger partial charge in [0.25, 0.3) is 0 Å². The highest BCUT2D eigenvalue weighted by Gasteiger charge is 2.30. The third-order valence-electron chi connectivity index (χ3n) is 6.04. The van der Waals surface area contributed by atoms with E-state index in [1.54, 1.807) is 25.1 Å². The van der Waals surface area contributed by atoms with Crippen molar-refractivity contribution in [2.24, 2.45) is 0 Å². The topological polar surface area (TPSA) is 93.3 Å². The molecule has 182 valence electrons. The number of Topliss-reactive ketones (excluding diaryl/α,β-unsaturated/α-hetero) is 1. The second-order valence-corrected chi connectivity index (χ2v) is 8.74. The van der Waals surface area contributed by atoms with Crippen LogP contribution in [0.15, 0.2) is 66.9 Å². The fraction of sp³-hybridized carbons (Fsp3) is 0.286. The van der Waals surface area contributed by atoms with Crippen molar-refractivity contribution in [2.75, 3.05) is 20.3 Å². The lowest BCUT2D eigenvalue weighted by Crippen LogP contribution is -2.23. The largest absolute Gasteiger partial charge is 0.493 e. The number of aliphatic hydroxyl groups excluding tert-OH is 1. The summed E-state index contributed by atoms with van der Waals surface area (Å²) in [5.41, 5.74) is 2.58. The molecule has 0 saturated heterocycles. The lowest BCUT2D eigenvalue weighted by Gasteiger charge is -2.21. The minimum atomic E-state index is -1.32. The number of benzene rings is 2. The lowest BCUT2D eigenvalue weighted by atomic mass is 9.92. The Morgan fingerprint density at radius 1 is 1.09 bits per heavy atom. The number of hydrogen-bond donors (Lipinski definition) is 2. The molecule has 2 aromatic heterocycles. The Kier molecular flexibility index (Phi) is 7.19. The molecule has 0 saturated carbocycles. The van der Waals surface area contributed by atoms with Crippen LogP contribution in [0, 0.1) is 6.92 Å². The molecule has 0 amide bonds. The quantitative estimate of drug-likeness (QED) is 0.327. The highest BCUT2D eigenvalue weighted by atomic mass is 16.5. The van der Waals surface area contributed by atoms with Crippen molar-refractivity contribution in [3.63, 3.8) is 0 Å². The molecular weight excluding hydrogens is 444 g/mol. The van der Waals surface area contributed by atoms with Crippen molar-refractivity contribution in [1.29, 1.82) is 0 Å². The highest BCUT2D eigenvalue weighted by molar-refractivity contribution is 5.96. The van der Waals surface area contributed by atoms with E-state index in [-0.39, 0.29) is 31.8 Å². The first-order valence-electron chi connectivity index (χ1n) is 11.6. The smallest absolute Gasteiger partial charge is 0.163 e. The first kappa shape index (κ1) is 24.4. The number of imidazole rings is 1. The molecule has 0 aliphatic rings. The normalized spacial score (nSPS) is 12.9. The standard InChI is InChI=1S/C28H30N2O5/c1-19-7-9-20(10-8-19)27-29-26(22-6-4-5-15-30(22)27)28(2,33)14-13-23(32)21-11-12-24(35-17-16-31)25(18-21)34-3/h4-12,15,18,31,33H,13-14,16-17H2,1-3H3. The summed E-state index contributed by atoms with van der Waals surface area (Å²) in [4.78, 5) is 17.8. The second-order valence-electron chi connectivity index (χ2n) is 8.74. The summed E-state index contributed by atoms with van der Waals surface area (Å²) in [5, 5.41) is 20.4. The molecule has 0 fully saturated rings. The monoisotopic (exact) mass is 474 g/mol. The van der Waals surface area contributed by atoms with E-state index in [0.29, 0.717) is 22.8 Å². The molecule has 1 unspecified atom stereocenters. The van der Waals surface area contributed by atoms with E-state index in [9.17, 15) is 9.90 Å². The zero-order chi connectivity index (χ0) is 25.0. The van der Waals surface area contributed by atoms with Crippen LogP contribution >= 0.6 is 0 Å². The molecule has 0 bridgehead atoms. The molecule has 0 spiro atoms. The Hall–Kier alpha value is -3.68. The van der Waals surface area contributed by atoms with E-state index in [1.165, 1.54) is 7.11 Å². The van der Waals surface area contributed by atoms with Crippen LogP contribution in [-0.4, -0.2) is 45.7 Å². The number of hydrogen-bond acceptors (Lipinski definition) is 6. The Morgan fingerprint density at radius 2 is 1.86 bits per heavy atom. The van der Waals surface area contributed by atoms with E-state index in [4.69, 9.17) is 19.6 Å². The summed E-state index contributed by atoms with van der Waals surface area (Å²) < 4.78 is 12.7. The van der Waals surface area contributed by atoms with Gasteiger partial charge in [-0.15, -0.1) is 0 Å². The van der Waals surface area contributed by atoms with Crippen LogP contribution in [0.2, 0.25) is 0 Å². The Morgan fingerprint density at radius 3 is 2.57 bits per heavy atom. The van der Waals surface area contributed by atoms with Crippen molar-refractivity contribution < 1.29 is 24.5 Å². The molecule has 0 radical (unpaired) electrons. The zero-order valence-corrected chi connectivity index (χ0v) is 20.2. The van der Waals surface area contributed by atoms with Crippen molar-refractivity contribution in [3.8, 4) is 22.9 Å². The SMILES string of the molecule is COc1cc(C(=O)CCC(C)(O)c2nc(-c3ccc(C)cc3)n3ccccc23)ccc1OCCO. The third kappa shape index (κ3) is 5.21. The summed E-state index contributed by atoms with van der Waals surface area (Å²) in [6, 6.07) is 18.8. The van der Waals surface area contributed by atoms with Crippen molar-refractivity contribution >= 4 is 11.3 Å². The van der Waals surface area contributed by atoms with Crippen LogP contribution in [0.25, 0.3) is 16.9 Å². The van der Waals surface area contributed by atoms with Crippen LogP contribution < -0.4 is 9.47 Å². The number of aryl methyl sites for hydroxylation is 1. The highest BCUT2D eigenvalue weighted by Crippen LogP contribution is 2.34. The number of aromatic nitrogens is 2. The molecule has 0 aliphatic carbocycles. The average molecular weight is 475 g/mol. The minimum Gasteiger partial charge on any atom is -0.493 e. The first-order valence-corrected chi connectivity index (χ1v) is 11.6. The van der Waals surface area contributed by atoms with E-state index in [2.05, 4.69) is 0 Å². The Labute approximate surface area is 204 Å². The van der Waals surface area contributed by atoms with Gasteiger partial charge in [0.1, 0.15) is 18.0 Å².